The second-order valence-corrected chi connectivity index (χ2v) is 7.19. The summed E-state index contributed by atoms with van der Waals surface area (Å²) in [5.74, 6) is 7.10. The Labute approximate surface area is 122 Å². The van der Waals surface area contributed by atoms with Crippen LogP contribution in [0, 0.1) is 16.7 Å². The molecule has 4 nitrogen and oxygen atoms in total. The maximum atomic E-state index is 5.82. The van der Waals surface area contributed by atoms with Gasteiger partial charge in [0.05, 0.1) is 18.3 Å². The molecule has 1 aromatic heterocycles. The smallest absolute Gasteiger partial charge is 0.138 e. The van der Waals surface area contributed by atoms with E-state index in [-0.39, 0.29) is 23.0 Å². The van der Waals surface area contributed by atoms with Gasteiger partial charge in [0.25, 0.3) is 0 Å². The van der Waals surface area contributed by atoms with Crippen LogP contribution in [0.1, 0.15) is 53.1 Å². The number of rotatable bonds is 5. The summed E-state index contributed by atoms with van der Waals surface area (Å²) >= 11 is 0. The summed E-state index contributed by atoms with van der Waals surface area (Å²) in [6.45, 7) is 13.2. The van der Waals surface area contributed by atoms with Gasteiger partial charge >= 0.3 is 0 Å². The van der Waals surface area contributed by atoms with Crippen LogP contribution in [0.3, 0.4) is 0 Å². The third-order valence-electron chi connectivity index (χ3n) is 5.11. The van der Waals surface area contributed by atoms with E-state index in [9.17, 15) is 0 Å². The van der Waals surface area contributed by atoms with Gasteiger partial charge < -0.3 is 4.74 Å². The fourth-order valence-electron chi connectivity index (χ4n) is 3.41. The molecular weight excluding hydrogens is 250 g/mol. The number of nitrogens with two attached hydrogens (primary N) is 1. The van der Waals surface area contributed by atoms with Crippen molar-refractivity contribution in [3.63, 3.8) is 0 Å². The van der Waals surface area contributed by atoms with Crippen molar-refractivity contribution in [3.05, 3.63) is 24.0 Å². The number of aromatic nitrogens is 1. The minimum atomic E-state index is 0.100. The number of hydrazine groups is 1. The lowest BCUT2D eigenvalue weighted by Crippen LogP contribution is -2.31. The predicted molar refractivity (Wildman–Crippen MR) is 81.1 cm³/mol. The zero-order chi connectivity index (χ0) is 15.1. The average molecular weight is 277 g/mol. The minimum Gasteiger partial charge on any atom is -0.489 e. The van der Waals surface area contributed by atoms with Crippen molar-refractivity contribution in [1.82, 2.24) is 10.4 Å². The topological polar surface area (TPSA) is 60.2 Å². The molecule has 1 atom stereocenters. The molecule has 1 unspecified atom stereocenters. The Hall–Kier alpha value is -1.13. The third kappa shape index (κ3) is 2.42. The molecule has 0 bridgehead atoms. The number of pyridine rings is 1. The van der Waals surface area contributed by atoms with Gasteiger partial charge in [0.2, 0.25) is 0 Å². The summed E-state index contributed by atoms with van der Waals surface area (Å²) in [7, 11) is 0. The van der Waals surface area contributed by atoms with Crippen LogP contribution < -0.4 is 16.0 Å². The van der Waals surface area contributed by atoms with Crippen LogP contribution in [0.5, 0.6) is 5.75 Å². The highest BCUT2D eigenvalue weighted by molar-refractivity contribution is 5.30. The van der Waals surface area contributed by atoms with Gasteiger partial charge in [0.15, 0.2) is 0 Å². The highest BCUT2D eigenvalue weighted by atomic mass is 16.5. The number of hydrogen-bond acceptors (Lipinski definition) is 4. The van der Waals surface area contributed by atoms with Gasteiger partial charge in [-0.2, -0.15) is 0 Å². The van der Waals surface area contributed by atoms with Gasteiger partial charge in [-0.15, -0.1) is 0 Å². The van der Waals surface area contributed by atoms with Crippen LogP contribution in [-0.4, -0.2) is 11.1 Å². The zero-order valence-corrected chi connectivity index (χ0v) is 13.4. The van der Waals surface area contributed by atoms with Crippen LogP contribution >= 0.6 is 0 Å². The van der Waals surface area contributed by atoms with Gasteiger partial charge in [0.1, 0.15) is 5.75 Å². The van der Waals surface area contributed by atoms with E-state index in [0.717, 1.165) is 11.3 Å². The van der Waals surface area contributed by atoms with Gasteiger partial charge in [-0.3, -0.25) is 16.3 Å². The summed E-state index contributed by atoms with van der Waals surface area (Å²) in [5, 5.41) is 0. The molecule has 0 spiro atoms. The molecule has 0 radical (unpaired) electrons. The normalized spacial score (nSPS) is 21.8. The molecule has 1 aliphatic rings. The van der Waals surface area contributed by atoms with E-state index in [4.69, 9.17) is 10.6 Å². The lowest BCUT2D eigenvalue weighted by atomic mass is 9.98. The summed E-state index contributed by atoms with van der Waals surface area (Å²) in [5.41, 5.74) is 4.59. The maximum absolute atomic E-state index is 5.82. The first-order valence-corrected chi connectivity index (χ1v) is 7.29. The molecule has 1 fully saturated rings. The van der Waals surface area contributed by atoms with Gasteiger partial charge in [0, 0.05) is 6.20 Å². The van der Waals surface area contributed by atoms with Crippen molar-refractivity contribution in [2.24, 2.45) is 22.6 Å². The van der Waals surface area contributed by atoms with Crippen molar-refractivity contribution in [2.75, 3.05) is 0 Å². The first-order chi connectivity index (χ1) is 9.21. The van der Waals surface area contributed by atoms with Gasteiger partial charge in [-0.1, -0.05) is 27.7 Å². The summed E-state index contributed by atoms with van der Waals surface area (Å²) < 4.78 is 5.72. The standard InChI is InChI=1S/C16H27N3O/c1-10(2)20-12-7-11(8-18-9-12)13(19-17)14-15(3,4)16(14,5)6/h7-10,13-14,19H,17H2,1-6H3. The Bertz CT molecular complexity index is 468. The molecular formula is C16H27N3O. The molecule has 112 valence electrons. The Morgan fingerprint density at radius 1 is 1.20 bits per heavy atom. The molecule has 0 saturated heterocycles. The number of nitrogens with zero attached hydrogens (tertiary/aromatic N) is 1. The quantitative estimate of drug-likeness (QED) is 0.641. The Balaban J connectivity index is 2.25. The van der Waals surface area contributed by atoms with E-state index in [1.54, 1.807) is 6.20 Å². The second-order valence-electron chi connectivity index (χ2n) is 7.19. The Morgan fingerprint density at radius 3 is 2.25 bits per heavy atom. The van der Waals surface area contributed by atoms with E-state index in [1.807, 2.05) is 26.1 Å². The molecule has 0 aromatic carbocycles. The van der Waals surface area contributed by atoms with Crippen LogP contribution in [0.25, 0.3) is 0 Å². The Kier molecular flexibility index (Phi) is 3.82. The monoisotopic (exact) mass is 277 g/mol. The molecule has 2 rings (SSSR count). The van der Waals surface area contributed by atoms with Crippen molar-refractivity contribution in [3.8, 4) is 5.75 Å². The van der Waals surface area contributed by atoms with Crippen LogP contribution in [0.4, 0.5) is 0 Å². The SMILES string of the molecule is CC(C)Oc1cncc(C(NN)C2C(C)(C)C2(C)C)c1. The predicted octanol–water partition coefficient (Wildman–Crippen LogP) is 3.06. The van der Waals surface area contributed by atoms with Crippen molar-refractivity contribution < 1.29 is 4.74 Å². The average Bonchev–Trinajstić information content (AvgIpc) is 2.73. The first kappa shape index (κ1) is 15.3. The summed E-state index contributed by atoms with van der Waals surface area (Å²) in [4.78, 5) is 4.29. The molecule has 20 heavy (non-hydrogen) atoms. The summed E-state index contributed by atoms with van der Waals surface area (Å²) in [6, 6.07) is 2.14. The van der Waals surface area contributed by atoms with Crippen molar-refractivity contribution in [2.45, 2.75) is 53.7 Å². The van der Waals surface area contributed by atoms with E-state index >= 15 is 0 Å². The third-order valence-corrected chi connectivity index (χ3v) is 5.11. The van der Waals surface area contributed by atoms with Gasteiger partial charge in [-0.05, 0) is 42.2 Å². The largest absolute Gasteiger partial charge is 0.489 e. The maximum Gasteiger partial charge on any atom is 0.138 e. The molecule has 4 heteroatoms. The van der Waals surface area contributed by atoms with E-state index < -0.39 is 0 Å². The van der Waals surface area contributed by atoms with E-state index in [1.165, 1.54) is 0 Å². The fraction of sp³-hybridized carbons (Fsp3) is 0.688. The molecule has 1 aliphatic carbocycles. The highest BCUT2D eigenvalue weighted by Crippen LogP contribution is 2.72. The van der Waals surface area contributed by atoms with Crippen molar-refractivity contribution >= 4 is 0 Å². The number of hydrogen-bond donors (Lipinski definition) is 2. The van der Waals surface area contributed by atoms with Gasteiger partial charge in [-0.25, -0.2) is 0 Å². The Morgan fingerprint density at radius 2 is 1.80 bits per heavy atom. The lowest BCUT2D eigenvalue weighted by Gasteiger charge is -2.19. The molecule has 0 amide bonds. The zero-order valence-electron chi connectivity index (χ0n) is 13.4. The van der Waals surface area contributed by atoms with Crippen LogP contribution in [0.2, 0.25) is 0 Å². The van der Waals surface area contributed by atoms with Crippen molar-refractivity contribution in [1.29, 1.82) is 0 Å². The molecule has 1 heterocycles. The number of ether oxygens (including phenoxy) is 1. The van der Waals surface area contributed by atoms with Crippen LogP contribution in [0.15, 0.2) is 18.5 Å². The first-order valence-electron chi connectivity index (χ1n) is 7.29. The second kappa shape index (κ2) is 5.01. The lowest BCUT2D eigenvalue weighted by molar-refractivity contribution is 0.240. The van der Waals surface area contributed by atoms with Crippen LogP contribution in [-0.2, 0) is 0 Å². The highest BCUT2D eigenvalue weighted by Gasteiger charge is 2.67. The van der Waals surface area contributed by atoms with E-state index in [0.29, 0.717) is 5.92 Å². The molecule has 3 N–H and O–H groups in total. The molecule has 1 saturated carbocycles. The molecule has 1 aromatic rings. The number of nitrogens with one attached hydrogen (secondary N) is 1. The summed E-state index contributed by atoms with van der Waals surface area (Å²) in [6.07, 6.45) is 3.77. The molecule has 0 aliphatic heterocycles. The minimum absolute atomic E-state index is 0.100. The van der Waals surface area contributed by atoms with E-state index in [2.05, 4.69) is 38.1 Å². The fourth-order valence-corrected chi connectivity index (χ4v) is 3.41.